The molecule has 0 aromatic carbocycles. The van der Waals surface area contributed by atoms with Gasteiger partial charge in [0, 0.05) is 13.0 Å². The van der Waals surface area contributed by atoms with Crippen LogP contribution in [0.25, 0.3) is 0 Å². The van der Waals surface area contributed by atoms with Gasteiger partial charge in [-0.2, -0.15) is 5.26 Å². The van der Waals surface area contributed by atoms with E-state index < -0.39 is 0 Å². The Balaban J connectivity index is 2.79. The van der Waals surface area contributed by atoms with Gasteiger partial charge in [0.05, 0.1) is 6.07 Å². The van der Waals surface area contributed by atoms with E-state index in [-0.39, 0.29) is 12.5 Å². The number of furan rings is 1. The van der Waals surface area contributed by atoms with Crippen molar-refractivity contribution in [2.75, 3.05) is 13.1 Å². The molecule has 1 amide bonds. The first-order valence-electron chi connectivity index (χ1n) is 4.97. The highest BCUT2D eigenvalue weighted by Crippen LogP contribution is 2.10. The number of carbonyl (C=O) groups excluding carboxylic acids is 1. The fourth-order valence-electron chi connectivity index (χ4n) is 1.25. The molecule has 0 saturated carbocycles. The zero-order valence-corrected chi connectivity index (χ0v) is 8.99. The Morgan fingerprint density at radius 2 is 2.27 bits per heavy atom. The Morgan fingerprint density at radius 3 is 2.73 bits per heavy atom. The van der Waals surface area contributed by atoms with Gasteiger partial charge in [0.2, 0.25) is 0 Å². The molecule has 0 bridgehead atoms. The number of nitriles is 1. The quantitative estimate of drug-likeness (QED) is 0.706. The average Bonchev–Trinajstić information content (AvgIpc) is 2.73. The monoisotopic (exact) mass is 206 g/mol. The molecule has 0 saturated heterocycles. The molecule has 0 spiro atoms. The summed E-state index contributed by atoms with van der Waals surface area (Å²) in [6.45, 7) is 4.39. The molecule has 0 aliphatic heterocycles. The molecular weight excluding hydrogens is 192 g/mol. The van der Waals surface area contributed by atoms with Crippen molar-refractivity contribution in [1.82, 2.24) is 4.90 Å². The fourth-order valence-corrected chi connectivity index (χ4v) is 1.25. The van der Waals surface area contributed by atoms with Crippen LogP contribution < -0.4 is 0 Å². The predicted molar refractivity (Wildman–Crippen MR) is 55.3 cm³/mol. The van der Waals surface area contributed by atoms with E-state index in [0.717, 1.165) is 12.2 Å². The van der Waals surface area contributed by atoms with E-state index in [1.807, 2.05) is 19.9 Å². The lowest BCUT2D eigenvalue weighted by molar-refractivity contribution is 0.0750. The first-order chi connectivity index (χ1) is 7.22. The first-order valence-corrected chi connectivity index (χ1v) is 4.97. The van der Waals surface area contributed by atoms with Gasteiger partial charge in [0.15, 0.2) is 5.76 Å². The molecular formula is C11H14N2O2. The van der Waals surface area contributed by atoms with Crippen molar-refractivity contribution in [2.45, 2.75) is 20.3 Å². The lowest BCUT2D eigenvalue weighted by Crippen LogP contribution is -2.30. The van der Waals surface area contributed by atoms with E-state index in [1.54, 1.807) is 12.1 Å². The van der Waals surface area contributed by atoms with Gasteiger partial charge in [-0.05, 0) is 19.1 Å². The van der Waals surface area contributed by atoms with E-state index in [0.29, 0.717) is 12.3 Å². The Bertz CT molecular complexity index is 376. The Hall–Kier alpha value is -1.76. The van der Waals surface area contributed by atoms with Crippen molar-refractivity contribution < 1.29 is 9.21 Å². The number of nitrogens with zero attached hydrogens (tertiary/aromatic N) is 2. The van der Waals surface area contributed by atoms with Crippen molar-refractivity contribution in [3.8, 4) is 6.07 Å². The summed E-state index contributed by atoms with van der Waals surface area (Å²) in [6.07, 6.45) is 0.762. The van der Waals surface area contributed by atoms with Crippen molar-refractivity contribution in [1.29, 1.82) is 5.26 Å². The smallest absolute Gasteiger partial charge is 0.290 e. The van der Waals surface area contributed by atoms with Crippen LogP contribution in [0.1, 0.15) is 30.2 Å². The minimum Gasteiger partial charge on any atom is -0.456 e. The molecule has 0 N–H and O–H groups in total. The molecule has 15 heavy (non-hydrogen) atoms. The third kappa shape index (κ3) is 2.59. The van der Waals surface area contributed by atoms with Gasteiger partial charge in [-0.3, -0.25) is 4.79 Å². The fraction of sp³-hybridized carbons (Fsp3) is 0.455. The Labute approximate surface area is 89.1 Å². The maximum absolute atomic E-state index is 11.8. The van der Waals surface area contributed by atoms with Crippen LogP contribution in [0.4, 0.5) is 0 Å². The summed E-state index contributed by atoms with van der Waals surface area (Å²) in [6, 6.07) is 5.39. The molecule has 1 rings (SSSR count). The van der Waals surface area contributed by atoms with Crippen molar-refractivity contribution >= 4 is 5.91 Å². The van der Waals surface area contributed by atoms with Crippen molar-refractivity contribution in [3.63, 3.8) is 0 Å². The molecule has 1 aromatic rings. The molecule has 1 heterocycles. The molecule has 0 unspecified atom stereocenters. The average molecular weight is 206 g/mol. The third-order valence-electron chi connectivity index (χ3n) is 2.15. The van der Waals surface area contributed by atoms with E-state index in [2.05, 4.69) is 0 Å². The minimum atomic E-state index is -0.223. The molecule has 0 atom stereocenters. The summed E-state index contributed by atoms with van der Waals surface area (Å²) in [5.41, 5.74) is 0. The molecule has 0 fully saturated rings. The highest BCUT2D eigenvalue weighted by Gasteiger charge is 2.17. The van der Waals surface area contributed by atoms with Crippen molar-refractivity contribution in [2.24, 2.45) is 0 Å². The van der Waals surface area contributed by atoms with Crippen LogP contribution >= 0.6 is 0 Å². The molecule has 0 aliphatic carbocycles. The molecule has 4 nitrogen and oxygen atoms in total. The summed E-state index contributed by atoms with van der Waals surface area (Å²) in [5, 5.41) is 8.54. The molecule has 0 radical (unpaired) electrons. The van der Waals surface area contributed by atoms with Crippen LogP contribution in [0.15, 0.2) is 16.5 Å². The zero-order chi connectivity index (χ0) is 11.3. The maximum Gasteiger partial charge on any atom is 0.290 e. The molecule has 4 heteroatoms. The van der Waals surface area contributed by atoms with E-state index in [4.69, 9.17) is 9.68 Å². The topological polar surface area (TPSA) is 57.2 Å². The summed E-state index contributed by atoms with van der Waals surface area (Å²) < 4.78 is 5.32. The summed E-state index contributed by atoms with van der Waals surface area (Å²) in [7, 11) is 0. The number of aryl methyl sites for hydroxylation is 1. The lowest BCUT2D eigenvalue weighted by Gasteiger charge is -2.14. The van der Waals surface area contributed by atoms with Gasteiger partial charge in [0.25, 0.3) is 5.91 Å². The van der Waals surface area contributed by atoms with Crippen LogP contribution in [-0.4, -0.2) is 23.9 Å². The van der Waals surface area contributed by atoms with Gasteiger partial charge in [-0.25, -0.2) is 0 Å². The second-order valence-electron chi connectivity index (χ2n) is 3.10. The van der Waals surface area contributed by atoms with Gasteiger partial charge in [0.1, 0.15) is 12.3 Å². The van der Waals surface area contributed by atoms with Gasteiger partial charge in [-0.15, -0.1) is 0 Å². The molecule has 1 aromatic heterocycles. The Morgan fingerprint density at radius 1 is 1.53 bits per heavy atom. The maximum atomic E-state index is 11.8. The standard InChI is InChI=1S/C11H14N2O2/c1-3-9-5-6-10(15-9)11(14)13(4-2)8-7-12/h5-6H,3-4,8H2,1-2H3. The highest BCUT2D eigenvalue weighted by atomic mass is 16.4. The SMILES string of the molecule is CCc1ccc(C(=O)N(CC)CC#N)o1. The van der Waals surface area contributed by atoms with Gasteiger partial charge >= 0.3 is 0 Å². The summed E-state index contributed by atoms with van der Waals surface area (Å²) in [5.74, 6) is 0.870. The number of amides is 1. The first kappa shape index (κ1) is 11.3. The van der Waals surface area contributed by atoms with Crippen LogP contribution in [0.2, 0.25) is 0 Å². The lowest BCUT2D eigenvalue weighted by atomic mass is 10.3. The van der Waals surface area contributed by atoms with Gasteiger partial charge < -0.3 is 9.32 Å². The number of hydrogen-bond acceptors (Lipinski definition) is 3. The van der Waals surface area contributed by atoms with Crippen LogP contribution in [0.5, 0.6) is 0 Å². The number of hydrogen-bond donors (Lipinski definition) is 0. The normalized spacial score (nSPS) is 9.67. The third-order valence-corrected chi connectivity index (χ3v) is 2.15. The second kappa shape index (κ2) is 5.20. The van der Waals surface area contributed by atoms with E-state index in [1.165, 1.54) is 4.90 Å². The highest BCUT2D eigenvalue weighted by molar-refractivity contribution is 5.91. The second-order valence-corrected chi connectivity index (χ2v) is 3.10. The van der Waals surface area contributed by atoms with Gasteiger partial charge in [-0.1, -0.05) is 6.92 Å². The van der Waals surface area contributed by atoms with Crippen LogP contribution in [0.3, 0.4) is 0 Å². The van der Waals surface area contributed by atoms with Crippen LogP contribution in [-0.2, 0) is 6.42 Å². The van der Waals surface area contributed by atoms with E-state index >= 15 is 0 Å². The number of rotatable bonds is 4. The zero-order valence-electron chi connectivity index (χ0n) is 8.99. The summed E-state index contributed by atoms with van der Waals surface area (Å²) in [4.78, 5) is 13.2. The minimum absolute atomic E-state index is 0.0947. The largest absolute Gasteiger partial charge is 0.456 e. The Kier molecular flexibility index (Phi) is 3.92. The molecule has 0 aliphatic rings. The summed E-state index contributed by atoms with van der Waals surface area (Å²) >= 11 is 0. The number of carbonyl (C=O) groups is 1. The molecule has 80 valence electrons. The van der Waals surface area contributed by atoms with E-state index in [9.17, 15) is 4.79 Å². The predicted octanol–water partition coefficient (Wildman–Crippen LogP) is 1.83. The van der Waals surface area contributed by atoms with Crippen molar-refractivity contribution in [3.05, 3.63) is 23.7 Å². The van der Waals surface area contributed by atoms with Crippen LogP contribution in [0, 0.1) is 11.3 Å².